The Morgan fingerprint density at radius 1 is 1.38 bits per heavy atom. The molecule has 4 nitrogen and oxygen atoms in total. The third-order valence-electron chi connectivity index (χ3n) is 3.11. The molecule has 1 N–H and O–H groups in total. The van der Waals surface area contributed by atoms with Gasteiger partial charge in [0.05, 0.1) is 5.75 Å². The van der Waals surface area contributed by atoms with Gasteiger partial charge in [-0.25, -0.2) is 8.42 Å². The lowest BCUT2D eigenvalue weighted by atomic mass is 10.3. The maximum Gasteiger partial charge on any atom is 0.214 e. The molecule has 0 radical (unpaired) electrons. The molecule has 1 aliphatic heterocycles. The second-order valence-electron chi connectivity index (χ2n) is 4.48. The highest BCUT2D eigenvalue weighted by Crippen LogP contribution is 2.21. The molecule has 0 aromatic rings. The summed E-state index contributed by atoms with van der Waals surface area (Å²) in [7, 11) is -2.99. The summed E-state index contributed by atoms with van der Waals surface area (Å²) in [5.41, 5.74) is 0. The summed E-state index contributed by atoms with van der Waals surface area (Å²) in [4.78, 5) is 0. The van der Waals surface area contributed by atoms with Crippen molar-refractivity contribution in [2.45, 2.75) is 45.6 Å². The summed E-state index contributed by atoms with van der Waals surface area (Å²) < 4.78 is 25.6. The molecule has 96 valence electrons. The van der Waals surface area contributed by atoms with Gasteiger partial charge in [-0.3, -0.25) is 0 Å². The largest absolute Gasteiger partial charge is 0.317 e. The van der Waals surface area contributed by atoms with E-state index in [1.165, 1.54) is 0 Å². The average Bonchev–Trinajstić information content (AvgIpc) is 2.65. The molecule has 0 aromatic heterocycles. The van der Waals surface area contributed by atoms with Gasteiger partial charge >= 0.3 is 0 Å². The summed E-state index contributed by atoms with van der Waals surface area (Å²) in [5, 5.41) is 3.20. The van der Waals surface area contributed by atoms with Gasteiger partial charge in [0.2, 0.25) is 10.0 Å². The van der Waals surface area contributed by atoms with E-state index < -0.39 is 10.0 Å². The molecule has 0 amide bonds. The predicted molar refractivity (Wildman–Crippen MR) is 67.0 cm³/mol. The summed E-state index contributed by atoms with van der Waals surface area (Å²) in [6, 6.07) is 0.207. The number of unbranched alkanes of at least 4 members (excludes halogenated alkanes) is 1. The van der Waals surface area contributed by atoms with E-state index in [1.807, 2.05) is 6.92 Å². The number of rotatable bonds is 7. The van der Waals surface area contributed by atoms with E-state index in [0.717, 1.165) is 45.3 Å². The van der Waals surface area contributed by atoms with E-state index in [1.54, 1.807) is 4.31 Å². The van der Waals surface area contributed by atoms with Crippen molar-refractivity contribution in [3.63, 3.8) is 0 Å². The van der Waals surface area contributed by atoms with Crippen LogP contribution >= 0.6 is 0 Å². The van der Waals surface area contributed by atoms with E-state index in [9.17, 15) is 8.42 Å². The van der Waals surface area contributed by atoms with Gasteiger partial charge in [-0.1, -0.05) is 6.92 Å². The van der Waals surface area contributed by atoms with Crippen LogP contribution in [-0.4, -0.2) is 44.2 Å². The number of nitrogens with zero attached hydrogens (tertiary/aromatic N) is 1. The first kappa shape index (κ1) is 13.9. The van der Waals surface area contributed by atoms with Gasteiger partial charge in [-0.2, -0.15) is 4.31 Å². The zero-order chi connectivity index (χ0) is 12.0. The highest BCUT2D eigenvalue weighted by Gasteiger charge is 2.30. The molecular formula is C11H24N2O2S. The van der Waals surface area contributed by atoms with Crippen LogP contribution in [0.25, 0.3) is 0 Å². The van der Waals surface area contributed by atoms with E-state index in [-0.39, 0.29) is 6.04 Å². The zero-order valence-corrected chi connectivity index (χ0v) is 11.2. The van der Waals surface area contributed by atoms with Gasteiger partial charge in [0.15, 0.2) is 0 Å². The van der Waals surface area contributed by atoms with Crippen LogP contribution in [0.4, 0.5) is 0 Å². The summed E-state index contributed by atoms with van der Waals surface area (Å²) >= 11 is 0. The van der Waals surface area contributed by atoms with Crippen LogP contribution in [-0.2, 0) is 10.0 Å². The molecule has 1 atom stereocenters. The summed E-state index contributed by atoms with van der Waals surface area (Å²) in [6.07, 6.45) is 3.72. The molecule has 1 rings (SSSR count). The van der Waals surface area contributed by atoms with Gasteiger partial charge in [0.25, 0.3) is 0 Å². The molecule has 5 heteroatoms. The number of sulfonamides is 1. The average molecular weight is 248 g/mol. The normalized spacial score (nSPS) is 22.8. The van der Waals surface area contributed by atoms with Crippen LogP contribution in [0.3, 0.4) is 0 Å². The van der Waals surface area contributed by atoms with Crippen molar-refractivity contribution in [2.24, 2.45) is 0 Å². The monoisotopic (exact) mass is 248 g/mol. The molecule has 1 saturated heterocycles. The molecule has 1 unspecified atom stereocenters. The van der Waals surface area contributed by atoms with Crippen molar-refractivity contribution in [3.05, 3.63) is 0 Å². The van der Waals surface area contributed by atoms with Crippen LogP contribution in [0.2, 0.25) is 0 Å². The Hall–Kier alpha value is -0.130. The second-order valence-corrected chi connectivity index (χ2v) is 6.52. The Balaban J connectivity index is 2.29. The van der Waals surface area contributed by atoms with Gasteiger partial charge in [-0.05, 0) is 45.7 Å². The van der Waals surface area contributed by atoms with E-state index in [4.69, 9.17) is 0 Å². The predicted octanol–water partition coefficient (Wildman–Crippen LogP) is 1.19. The number of hydrogen-bond acceptors (Lipinski definition) is 3. The maximum atomic E-state index is 12.0. The summed E-state index contributed by atoms with van der Waals surface area (Å²) in [6.45, 7) is 6.65. The Morgan fingerprint density at radius 2 is 2.12 bits per heavy atom. The molecule has 0 spiro atoms. The lowest BCUT2D eigenvalue weighted by molar-refractivity contribution is 0.407. The fourth-order valence-corrected chi connectivity index (χ4v) is 4.01. The van der Waals surface area contributed by atoms with Crippen molar-refractivity contribution in [1.82, 2.24) is 9.62 Å². The van der Waals surface area contributed by atoms with Crippen molar-refractivity contribution in [2.75, 3.05) is 25.4 Å². The smallest absolute Gasteiger partial charge is 0.214 e. The van der Waals surface area contributed by atoms with Gasteiger partial charge in [-0.15, -0.1) is 0 Å². The zero-order valence-electron chi connectivity index (χ0n) is 10.4. The van der Waals surface area contributed by atoms with E-state index in [2.05, 4.69) is 12.2 Å². The van der Waals surface area contributed by atoms with Crippen LogP contribution in [0.15, 0.2) is 0 Å². The highest BCUT2D eigenvalue weighted by molar-refractivity contribution is 7.89. The Labute approximate surface area is 99.5 Å². The van der Waals surface area contributed by atoms with Crippen molar-refractivity contribution in [3.8, 4) is 0 Å². The maximum absolute atomic E-state index is 12.0. The first-order valence-corrected chi connectivity index (χ1v) is 7.89. The van der Waals surface area contributed by atoms with Crippen LogP contribution in [0.5, 0.6) is 0 Å². The minimum Gasteiger partial charge on any atom is -0.317 e. The highest BCUT2D eigenvalue weighted by atomic mass is 32.2. The standard InChI is InChI=1S/C11H24N2O2S/c1-3-12-8-4-5-10-16(14,15)13-9-6-7-11(13)2/h11-12H,3-10H2,1-2H3. The summed E-state index contributed by atoms with van der Waals surface area (Å²) in [5.74, 6) is 0.308. The minimum atomic E-state index is -2.99. The van der Waals surface area contributed by atoms with Gasteiger partial charge in [0, 0.05) is 12.6 Å². The Morgan fingerprint density at radius 3 is 2.69 bits per heavy atom. The van der Waals surface area contributed by atoms with Gasteiger partial charge < -0.3 is 5.32 Å². The molecule has 16 heavy (non-hydrogen) atoms. The SMILES string of the molecule is CCNCCCCS(=O)(=O)N1CCCC1C. The van der Waals surface area contributed by atoms with Crippen LogP contribution in [0, 0.1) is 0 Å². The number of hydrogen-bond donors (Lipinski definition) is 1. The lowest BCUT2D eigenvalue weighted by Crippen LogP contribution is -2.35. The molecule has 0 bridgehead atoms. The first-order chi connectivity index (χ1) is 7.58. The van der Waals surface area contributed by atoms with Crippen LogP contribution < -0.4 is 5.32 Å². The van der Waals surface area contributed by atoms with E-state index in [0.29, 0.717) is 5.75 Å². The minimum absolute atomic E-state index is 0.207. The van der Waals surface area contributed by atoms with Crippen molar-refractivity contribution < 1.29 is 8.42 Å². The fraction of sp³-hybridized carbons (Fsp3) is 1.00. The molecule has 0 aromatic carbocycles. The van der Waals surface area contributed by atoms with Gasteiger partial charge in [0.1, 0.15) is 0 Å². The molecule has 1 fully saturated rings. The molecular weight excluding hydrogens is 224 g/mol. The van der Waals surface area contributed by atoms with Crippen molar-refractivity contribution >= 4 is 10.0 Å². The third kappa shape index (κ3) is 4.03. The molecule has 0 saturated carbocycles. The molecule has 0 aliphatic carbocycles. The Bertz CT molecular complexity index is 290. The molecule has 1 heterocycles. The Kier molecular flexibility index (Phi) is 5.72. The van der Waals surface area contributed by atoms with Crippen molar-refractivity contribution in [1.29, 1.82) is 0 Å². The molecule has 1 aliphatic rings. The fourth-order valence-electron chi connectivity index (χ4n) is 2.15. The number of nitrogens with one attached hydrogen (secondary N) is 1. The lowest BCUT2D eigenvalue weighted by Gasteiger charge is -2.20. The topological polar surface area (TPSA) is 49.4 Å². The second kappa shape index (κ2) is 6.57. The quantitative estimate of drug-likeness (QED) is 0.689. The third-order valence-corrected chi connectivity index (χ3v) is 5.17. The van der Waals surface area contributed by atoms with E-state index >= 15 is 0 Å². The first-order valence-electron chi connectivity index (χ1n) is 6.28. The van der Waals surface area contributed by atoms with Crippen LogP contribution in [0.1, 0.15) is 39.5 Å².